The Labute approximate surface area is 141 Å². The Morgan fingerprint density at radius 3 is 2.74 bits per heavy atom. The third-order valence-electron chi connectivity index (χ3n) is 5.07. The zero-order valence-electron chi connectivity index (χ0n) is 15.0. The van der Waals surface area contributed by atoms with Gasteiger partial charge in [-0.15, -0.1) is 0 Å². The van der Waals surface area contributed by atoms with Crippen LogP contribution in [0.3, 0.4) is 0 Å². The minimum absolute atomic E-state index is 0.197. The van der Waals surface area contributed by atoms with E-state index >= 15 is 0 Å². The first-order chi connectivity index (χ1) is 11.3. The second-order valence-corrected chi connectivity index (χ2v) is 6.70. The maximum absolute atomic E-state index is 5.71. The zero-order chi connectivity index (χ0) is 16.5. The molecule has 1 heterocycles. The molecule has 2 rings (SSSR count). The van der Waals surface area contributed by atoms with Crippen LogP contribution in [0.4, 0.5) is 0 Å². The predicted molar refractivity (Wildman–Crippen MR) is 94.2 cm³/mol. The van der Waals surface area contributed by atoms with Crippen molar-refractivity contribution in [3.05, 3.63) is 0 Å². The van der Waals surface area contributed by atoms with Crippen molar-refractivity contribution in [1.29, 1.82) is 0 Å². The van der Waals surface area contributed by atoms with Crippen molar-refractivity contribution in [3.63, 3.8) is 0 Å². The quantitative estimate of drug-likeness (QED) is 0.302. The van der Waals surface area contributed by atoms with E-state index < -0.39 is 0 Å². The Kier molecular flexibility index (Phi) is 8.74. The molecule has 7 heteroatoms. The second-order valence-electron chi connectivity index (χ2n) is 6.70. The van der Waals surface area contributed by atoms with Crippen molar-refractivity contribution >= 4 is 0 Å². The molecule has 2 aliphatic rings. The summed E-state index contributed by atoms with van der Waals surface area (Å²) in [5.41, 5.74) is 0. The lowest BCUT2D eigenvalue weighted by Crippen LogP contribution is -2.65. The smallest absolute Gasteiger partial charge is 0.113 e. The van der Waals surface area contributed by atoms with Crippen molar-refractivity contribution in [2.75, 3.05) is 47.4 Å². The van der Waals surface area contributed by atoms with Gasteiger partial charge in [-0.05, 0) is 45.7 Å². The third-order valence-corrected chi connectivity index (χ3v) is 5.07. The van der Waals surface area contributed by atoms with Crippen LogP contribution in [-0.2, 0) is 4.74 Å². The number of ether oxygens (including phenoxy) is 1. The van der Waals surface area contributed by atoms with E-state index in [1.807, 2.05) is 21.2 Å². The molecule has 5 atom stereocenters. The monoisotopic (exact) mass is 328 g/mol. The van der Waals surface area contributed by atoms with Gasteiger partial charge < -0.3 is 20.7 Å². The molecule has 1 aliphatic heterocycles. The van der Waals surface area contributed by atoms with E-state index in [4.69, 9.17) is 4.74 Å². The summed E-state index contributed by atoms with van der Waals surface area (Å²) in [6.07, 6.45) is 5.56. The third kappa shape index (κ3) is 6.26. The van der Waals surface area contributed by atoms with Crippen LogP contribution in [0.1, 0.15) is 25.7 Å². The lowest BCUT2D eigenvalue weighted by molar-refractivity contribution is 0.0116. The SMILES string of the molecule is CNCCNCC1CC(NC2NCCC(NC)N2)CCC1OC. The molecule has 0 aromatic rings. The highest BCUT2D eigenvalue weighted by Gasteiger charge is 2.32. The zero-order valence-corrected chi connectivity index (χ0v) is 15.0. The van der Waals surface area contributed by atoms with E-state index in [2.05, 4.69) is 31.9 Å². The second kappa shape index (κ2) is 10.6. The summed E-state index contributed by atoms with van der Waals surface area (Å²) in [5, 5.41) is 20.8. The van der Waals surface area contributed by atoms with Crippen LogP contribution in [0.15, 0.2) is 0 Å². The van der Waals surface area contributed by atoms with Crippen molar-refractivity contribution in [2.45, 2.75) is 50.3 Å². The first kappa shape index (κ1) is 19.1. The first-order valence-corrected chi connectivity index (χ1v) is 9.07. The Hall–Kier alpha value is -0.280. The highest BCUT2D eigenvalue weighted by molar-refractivity contribution is 4.88. The Bertz CT molecular complexity index is 319. The molecule has 7 nitrogen and oxygen atoms in total. The van der Waals surface area contributed by atoms with Crippen molar-refractivity contribution in [2.24, 2.45) is 5.92 Å². The molecule has 136 valence electrons. The van der Waals surface area contributed by atoms with Crippen LogP contribution in [0.25, 0.3) is 0 Å². The number of methoxy groups -OCH3 is 1. The topological polar surface area (TPSA) is 81.4 Å². The van der Waals surface area contributed by atoms with Crippen LogP contribution < -0.4 is 31.9 Å². The Morgan fingerprint density at radius 1 is 1.13 bits per heavy atom. The summed E-state index contributed by atoms with van der Waals surface area (Å²) < 4.78 is 5.71. The fraction of sp³-hybridized carbons (Fsp3) is 1.00. The van der Waals surface area contributed by atoms with E-state index in [1.54, 1.807) is 0 Å². The summed E-state index contributed by atoms with van der Waals surface area (Å²) in [6.45, 7) is 4.09. The fourth-order valence-electron chi connectivity index (χ4n) is 3.70. The minimum Gasteiger partial charge on any atom is -0.381 e. The number of nitrogens with one attached hydrogen (secondary N) is 6. The maximum Gasteiger partial charge on any atom is 0.113 e. The van der Waals surface area contributed by atoms with Gasteiger partial charge in [0.2, 0.25) is 0 Å². The highest BCUT2D eigenvalue weighted by atomic mass is 16.5. The number of hydrogen-bond acceptors (Lipinski definition) is 7. The standard InChI is InChI=1S/C16H36N6O/c1-17-8-9-19-11-12-10-13(4-5-14(12)23-3)21-16-20-7-6-15(18-2)22-16/h12-22H,4-11H2,1-3H3. The van der Waals surface area contributed by atoms with Crippen LogP contribution in [-0.4, -0.2) is 72.0 Å². The molecule has 1 saturated heterocycles. The molecule has 0 aromatic heterocycles. The lowest BCUT2D eigenvalue weighted by atomic mass is 9.83. The van der Waals surface area contributed by atoms with E-state index in [-0.39, 0.29) is 6.29 Å². The van der Waals surface area contributed by atoms with Gasteiger partial charge in [-0.2, -0.15) is 0 Å². The van der Waals surface area contributed by atoms with Gasteiger partial charge in [-0.25, -0.2) is 0 Å². The first-order valence-electron chi connectivity index (χ1n) is 9.07. The molecule has 0 spiro atoms. The molecule has 0 radical (unpaired) electrons. The molecule has 0 aromatic carbocycles. The summed E-state index contributed by atoms with van der Waals surface area (Å²) in [4.78, 5) is 0. The van der Waals surface area contributed by atoms with Gasteiger partial charge in [0.1, 0.15) is 6.29 Å². The molecular weight excluding hydrogens is 292 g/mol. The molecule has 1 aliphatic carbocycles. The van der Waals surface area contributed by atoms with E-state index in [0.29, 0.717) is 24.2 Å². The summed E-state index contributed by atoms with van der Waals surface area (Å²) in [7, 11) is 5.85. The molecule has 2 fully saturated rings. The molecule has 23 heavy (non-hydrogen) atoms. The highest BCUT2D eigenvalue weighted by Crippen LogP contribution is 2.26. The van der Waals surface area contributed by atoms with Crippen LogP contribution in [0, 0.1) is 5.92 Å². The van der Waals surface area contributed by atoms with Gasteiger partial charge in [-0.3, -0.25) is 16.0 Å². The molecule has 0 bridgehead atoms. The van der Waals surface area contributed by atoms with Crippen LogP contribution >= 0.6 is 0 Å². The van der Waals surface area contributed by atoms with Crippen LogP contribution in [0.2, 0.25) is 0 Å². The molecule has 0 amide bonds. The van der Waals surface area contributed by atoms with Gasteiger partial charge in [0, 0.05) is 39.3 Å². The Morgan fingerprint density at radius 2 is 2.00 bits per heavy atom. The molecule has 1 saturated carbocycles. The average molecular weight is 329 g/mol. The fourth-order valence-corrected chi connectivity index (χ4v) is 3.70. The van der Waals surface area contributed by atoms with Crippen molar-refractivity contribution < 1.29 is 4.74 Å². The number of rotatable bonds is 9. The minimum atomic E-state index is 0.197. The Balaban J connectivity index is 1.76. The molecule has 5 unspecified atom stereocenters. The normalized spacial score (nSPS) is 35.3. The van der Waals surface area contributed by atoms with Gasteiger partial charge in [-0.1, -0.05) is 0 Å². The summed E-state index contributed by atoms with van der Waals surface area (Å²) >= 11 is 0. The number of hydrogen-bond donors (Lipinski definition) is 6. The summed E-state index contributed by atoms with van der Waals surface area (Å²) in [5.74, 6) is 0.576. The van der Waals surface area contributed by atoms with Gasteiger partial charge in [0.15, 0.2) is 0 Å². The average Bonchev–Trinajstić information content (AvgIpc) is 2.59. The maximum atomic E-state index is 5.71. The van der Waals surface area contributed by atoms with E-state index in [9.17, 15) is 0 Å². The summed E-state index contributed by atoms with van der Waals surface area (Å²) in [6, 6.07) is 0.540. The van der Waals surface area contributed by atoms with Gasteiger partial charge >= 0.3 is 0 Å². The van der Waals surface area contributed by atoms with Gasteiger partial charge in [0.25, 0.3) is 0 Å². The van der Waals surface area contributed by atoms with Gasteiger partial charge in [0.05, 0.1) is 12.3 Å². The lowest BCUT2D eigenvalue weighted by Gasteiger charge is -2.40. The van der Waals surface area contributed by atoms with Crippen LogP contribution in [0.5, 0.6) is 0 Å². The predicted octanol–water partition coefficient (Wildman–Crippen LogP) is -1.02. The van der Waals surface area contributed by atoms with E-state index in [0.717, 1.165) is 45.4 Å². The molecule has 6 N–H and O–H groups in total. The van der Waals surface area contributed by atoms with E-state index in [1.165, 1.54) is 6.42 Å². The van der Waals surface area contributed by atoms with Crippen molar-refractivity contribution in [3.8, 4) is 0 Å². The van der Waals surface area contributed by atoms with Crippen molar-refractivity contribution in [1.82, 2.24) is 31.9 Å². The molecular formula is C16H36N6O. The largest absolute Gasteiger partial charge is 0.381 e. The number of likely N-dealkylation sites (N-methyl/N-ethyl adjacent to an activating group) is 1.